The summed E-state index contributed by atoms with van der Waals surface area (Å²) in [5, 5.41) is 3.11. The van der Waals surface area contributed by atoms with Gasteiger partial charge in [0, 0.05) is 24.5 Å². The van der Waals surface area contributed by atoms with Crippen LogP contribution in [-0.4, -0.2) is 50.1 Å². The van der Waals surface area contributed by atoms with Crippen molar-refractivity contribution in [3.63, 3.8) is 0 Å². The number of morpholine rings is 1. The van der Waals surface area contributed by atoms with E-state index < -0.39 is 0 Å². The van der Waals surface area contributed by atoms with Crippen LogP contribution in [0.3, 0.4) is 0 Å². The molecule has 2 aromatic carbocycles. The normalized spacial score (nSPS) is 20.2. The van der Waals surface area contributed by atoms with Crippen LogP contribution in [0.5, 0.6) is 0 Å². The predicted octanol–water partition coefficient (Wildman–Crippen LogP) is 4.19. The van der Waals surface area contributed by atoms with Crippen LogP contribution in [0.15, 0.2) is 64.5 Å². The Balaban J connectivity index is 1.40. The number of halogens is 1. The second kappa shape index (κ2) is 10.5. The van der Waals surface area contributed by atoms with Gasteiger partial charge in [0.2, 0.25) is 5.91 Å². The van der Waals surface area contributed by atoms with Crippen molar-refractivity contribution in [1.29, 1.82) is 0 Å². The molecule has 3 aromatic rings. The van der Waals surface area contributed by atoms with Crippen molar-refractivity contribution in [2.45, 2.75) is 19.4 Å². The molecule has 2 aliphatic heterocycles. The molecule has 0 radical (unpaired) electrons. The molecule has 1 aromatic heterocycles. The number of carbonyl (C=O) groups excluding carboxylic acids is 3. The fraction of sp³-hybridized carbons (Fsp3) is 0.296. The van der Waals surface area contributed by atoms with Crippen LogP contribution in [0.2, 0.25) is 0 Å². The summed E-state index contributed by atoms with van der Waals surface area (Å²) in [4.78, 5) is 43.0. The van der Waals surface area contributed by atoms with Crippen LogP contribution in [0.1, 0.15) is 20.8 Å². The molecule has 0 saturated carbocycles. The summed E-state index contributed by atoms with van der Waals surface area (Å²) >= 11 is 4.77. The number of thiophene rings is 1. The SMILES string of the molecule is Cc1cc(N2CC(NC(=O)c3ccc(Br)s3)C(Cc3ccccc3)C2=O)ccc1N1CCOCC1=O. The largest absolute Gasteiger partial charge is 0.370 e. The Morgan fingerprint density at radius 1 is 1.11 bits per heavy atom. The van der Waals surface area contributed by atoms with E-state index >= 15 is 0 Å². The van der Waals surface area contributed by atoms with E-state index in [9.17, 15) is 14.4 Å². The van der Waals surface area contributed by atoms with Gasteiger partial charge in [0.1, 0.15) is 6.61 Å². The van der Waals surface area contributed by atoms with E-state index in [1.165, 1.54) is 11.3 Å². The van der Waals surface area contributed by atoms with Crippen LogP contribution >= 0.6 is 27.3 Å². The van der Waals surface area contributed by atoms with E-state index in [1.54, 1.807) is 15.9 Å². The molecule has 1 N–H and O–H groups in total. The van der Waals surface area contributed by atoms with Gasteiger partial charge in [-0.2, -0.15) is 0 Å². The number of anilines is 2. The minimum atomic E-state index is -0.388. The molecule has 3 heterocycles. The van der Waals surface area contributed by atoms with Crippen molar-refractivity contribution in [2.75, 3.05) is 36.1 Å². The summed E-state index contributed by atoms with van der Waals surface area (Å²) in [7, 11) is 0. The van der Waals surface area contributed by atoms with Crippen molar-refractivity contribution < 1.29 is 19.1 Å². The highest BCUT2D eigenvalue weighted by Crippen LogP contribution is 2.32. The Kier molecular flexibility index (Phi) is 7.22. The third kappa shape index (κ3) is 5.09. The maximum Gasteiger partial charge on any atom is 0.261 e. The standard InChI is InChI=1S/C27H26BrN3O4S/c1-17-13-19(7-8-22(17)30-11-12-35-16-25(30)32)31-15-21(29-26(33)23-9-10-24(28)36-23)20(27(31)34)14-18-5-3-2-4-6-18/h2-10,13,20-21H,11-12,14-16H2,1H3,(H,29,33). The van der Waals surface area contributed by atoms with Gasteiger partial charge >= 0.3 is 0 Å². The molecule has 36 heavy (non-hydrogen) atoms. The van der Waals surface area contributed by atoms with Crippen LogP contribution in [-0.2, 0) is 20.7 Å². The maximum atomic E-state index is 13.7. The molecule has 2 fully saturated rings. The fourth-order valence-corrected chi connectivity index (χ4v) is 6.11. The average molecular weight is 568 g/mol. The van der Waals surface area contributed by atoms with E-state index in [4.69, 9.17) is 4.74 Å². The second-order valence-corrected chi connectivity index (χ2v) is 11.5. The number of rotatable bonds is 6. The monoisotopic (exact) mass is 567 g/mol. The van der Waals surface area contributed by atoms with E-state index in [2.05, 4.69) is 21.2 Å². The van der Waals surface area contributed by atoms with E-state index in [-0.39, 0.29) is 36.3 Å². The molecule has 2 atom stereocenters. The van der Waals surface area contributed by atoms with Crippen molar-refractivity contribution >= 4 is 56.4 Å². The molecule has 2 unspecified atom stereocenters. The van der Waals surface area contributed by atoms with Crippen molar-refractivity contribution in [1.82, 2.24) is 5.32 Å². The summed E-state index contributed by atoms with van der Waals surface area (Å²) in [6, 6.07) is 18.9. The summed E-state index contributed by atoms with van der Waals surface area (Å²) < 4.78 is 6.13. The van der Waals surface area contributed by atoms with Gasteiger partial charge in [0.05, 0.1) is 27.2 Å². The highest BCUT2D eigenvalue weighted by molar-refractivity contribution is 9.11. The van der Waals surface area contributed by atoms with Gasteiger partial charge in [-0.1, -0.05) is 30.3 Å². The lowest BCUT2D eigenvalue weighted by molar-refractivity contribution is -0.125. The highest BCUT2D eigenvalue weighted by Gasteiger charge is 2.42. The Bertz CT molecular complexity index is 1300. The first kappa shape index (κ1) is 24.7. The third-order valence-corrected chi connectivity index (χ3v) is 8.25. The Morgan fingerprint density at radius 2 is 1.92 bits per heavy atom. The third-order valence-electron chi connectivity index (χ3n) is 6.63. The fourth-order valence-electron chi connectivity index (χ4n) is 4.82. The summed E-state index contributed by atoms with van der Waals surface area (Å²) in [6.07, 6.45) is 0.536. The van der Waals surface area contributed by atoms with Gasteiger partial charge < -0.3 is 19.9 Å². The molecule has 5 rings (SSSR count). The molecule has 3 amide bonds. The number of nitrogens with one attached hydrogen (secondary N) is 1. The Morgan fingerprint density at radius 3 is 2.61 bits per heavy atom. The van der Waals surface area contributed by atoms with Gasteiger partial charge in [-0.05, 0) is 70.7 Å². The zero-order valence-electron chi connectivity index (χ0n) is 19.8. The quantitative estimate of drug-likeness (QED) is 0.484. The second-order valence-electron chi connectivity index (χ2n) is 9.00. The minimum absolute atomic E-state index is 0.0221. The van der Waals surface area contributed by atoms with Crippen LogP contribution in [0.4, 0.5) is 11.4 Å². The molecule has 0 aliphatic carbocycles. The molecule has 186 valence electrons. The van der Waals surface area contributed by atoms with Crippen LogP contribution in [0.25, 0.3) is 0 Å². The zero-order chi connectivity index (χ0) is 25.2. The number of hydrogen-bond donors (Lipinski definition) is 1. The molecule has 7 nitrogen and oxygen atoms in total. The number of aryl methyl sites for hydroxylation is 1. The van der Waals surface area contributed by atoms with E-state index in [0.29, 0.717) is 31.0 Å². The molecule has 0 spiro atoms. The molecule has 9 heteroatoms. The Hall–Kier alpha value is -3.01. The summed E-state index contributed by atoms with van der Waals surface area (Å²) in [6.45, 7) is 3.41. The number of benzene rings is 2. The molecule has 2 saturated heterocycles. The van der Waals surface area contributed by atoms with Crippen molar-refractivity contribution in [3.8, 4) is 0 Å². The minimum Gasteiger partial charge on any atom is -0.370 e. The topological polar surface area (TPSA) is 79.0 Å². The average Bonchev–Trinajstić information content (AvgIpc) is 3.44. The molecular formula is C27H26BrN3O4S. The number of nitrogens with zero attached hydrogens (tertiary/aromatic N) is 2. The number of ether oxygens (including phenoxy) is 1. The smallest absolute Gasteiger partial charge is 0.261 e. The number of amides is 3. The van der Waals surface area contributed by atoms with Gasteiger partial charge in [0.15, 0.2) is 0 Å². The van der Waals surface area contributed by atoms with Gasteiger partial charge in [-0.3, -0.25) is 14.4 Å². The van der Waals surface area contributed by atoms with Crippen LogP contribution in [0, 0.1) is 12.8 Å². The molecule has 2 aliphatic rings. The number of carbonyl (C=O) groups is 3. The highest BCUT2D eigenvalue weighted by atomic mass is 79.9. The lowest BCUT2D eigenvalue weighted by atomic mass is 9.94. The molecular weight excluding hydrogens is 542 g/mol. The lowest BCUT2D eigenvalue weighted by Gasteiger charge is -2.29. The first-order valence-corrected chi connectivity index (χ1v) is 13.4. The van der Waals surface area contributed by atoms with Crippen LogP contribution < -0.4 is 15.1 Å². The van der Waals surface area contributed by atoms with Gasteiger partial charge in [-0.15, -0.1) is 11.3 Å². The first-order chi connectivity index (χ1) is 17.4. The Labute approximate surface area is 222 Å². The summed E-state index contributed by atoms with van der Waals surface area (Å²) in [5.41, 5.74) is 3.54. The van der Waals surface area contributed by atoms with Gasteiger partial charge in [0.25, 0.3) is 11.8 Å². The first-order valence-electron chi connectivity index (χ1n) is 11.8. The van der Waals surface area contributed by atoms with E-state index in [1.807, 2.05) is 61.5 Å². The summed E-state index contributed by atoms with van der Waals surface area (Å²) in [5.74, 6) is -0.660. The zero-order valence-corrected chi connectivity index (χ0v) is 22.2. The molecule has 0 bridgehead atoms. The maximum absolute atomic E-state index is 13.7. The van der Waals surface area contributed by atoms with E-state index in [0.717, 1.165) is 26.3 Å². The van der Waals surface area contributed by atoms with Gasteiger partial charge in [-0.25, -0.2) is 0 Å². The van der Waals surface area contributed by atoms with Crippen molar-refractivity contribution in [2.24, 2.45) is 5.92 Å². The van der Waals surface area contributed by atoms with Crippen molar-refractivity contribution in [3.05, 3.63) is 80.5 Å². The lowest BCUT2D eigenvalue weighted by Crippen LogP contribution is -2.42. The predicted molar refractivity (Wildman–Crippen MR) is 144 cm³/mol. The number of hydrogen-bond acceptors (Lipinski definition) is 5.